The van der Waals surface area contributed by atoms with E-state index in [0.717, 1.165) is 17.0 Å². The molecule has 1 atom stereocenters. The highest BCUT2D eigenvalue weighted by Gasteiger charge is 2.33. The summed E-state index contributed by atoms with van der Waals surface area (Å²) in [7, 11) is 0. The molecule has 1 aromatic heterocycles. The van der Waals surface area contributed by atoms with Gasteiger partial charge in [-0.2, -0.15) is 4.98 Å². The van der Waals surface area contributed by atoms with Crippen molar-refractivity contribution >= 4 is 23.5 Å². The number of aromatic nitrogens is 3. The molecule has 176 valence electrons. The Bertz CT molecular complexity index is 1420. The Labute approximate surface area is 206 Å². The molecule has 5 rings (SSSR count). The molecule has 3 aromatic carbocycles. The number of nitrogens with one attached hydrogen (secondary N) is 1. The maximum absolute atomic E-state index is 14.1. The SMILES string of the molecule is CC(=O)C1=C(C)Nc2nc(SCc3ccccc3F)nn2C1c1cccc(Oc2ccccc2)c1. The Hall–Kier alpha value is -3.91. The number of thioether (sulfide) groups is 1. The fourth-order valence-corrected chi connectivity index (χ4v) is 4.90. The van der Waals surface area contributed by atoms with Crippen LogP contribution in [0.4, 0.5) is 10.3 Å². The summed E-state index contributed by atoms with van der Waals surface area (Å²) in [5.41, 5.74) is 2.76. The number of halogens is 1. The van der Waals surface area contributed by atoms with E-state index in [9.17, 15) is 9.18 Å². The third kappa shape index (κ3) is 4.83. The van der Waals surface area contributed by atoms with Gasteiger partial charge in [-0.3, -0.25) is 4.79 Å². The quantitative estimate of drug-likeness (QED) is 0.306. The molecule has 0 bridgehead atoms. The molecule has 8 heteroatoms. The number of carbonyl (C=O) groups is 1. The first-order valence-electron chi connectivity index (χ1n) is 11.1. The predicted octanol–water partition coefficient (Wildman–Crippen LogP) is 6.38. The van der Waals surface area contributed by atoms with Gasteiger partial charge in [-0.1, -0.05) is 60.3 Å². The monoisotopic (exact) mass is 486 g/mol. The van der Waals surface area contributed by atoms with Crippen molar-refractivity contribution in [3.8, 4) is 11.5 Å². The average Bonchev–Trinajstić information content (AvgIpc) is 3.25. The molecule has 0 radical (unpaired) electrons. The van der Waals surface area contributed by atoms with Crippen molar-refractivity contribution in [2.24, 2.45) is 0 Å². The Balaban J connectivity index is 1.48. The van der Waals surface area contributed by atoms with E-state index >= 15 is 0 Å². The van der Waals surface area contributed by atoms with Gasteiger partial charge in [0.1, 0.15) is 23.4 Å². The van der Waals surface area contributed by atoms with Crippen LogP contribution in [0.25, 0.3) is 0 Å². The van der Waals surface area contributed by atoms with Crippen molar-refractivity contribution in [3.63, 3.8) is 0 Å². The van der Waals surface area contributed by atoms with E-state index in [4.69, 9.17) is 9.84 Å². The molecule has 1 N–H and O–H groups in total. The van der Waals surface area contributed by atoms with Crippen LogP contribution in [0.1, 0.15) is 31.0 Å². The summed E-state index contributed by atoms with van der Waals surface area (Å²) in [4.78, 5) is 17.3. The number of hydrogen-bond acceptors (Lipinski definition) is 6. The predicted molar refractivity (Wildman–Crippen MR) is 134 cm³/mol. The molecule has 1 unspecified atom stereocenters. The standard InChI is InChI=1S/C27H23FN4O2S/c1-17-24(18(2)33)25(19-10-8-13-22(15-19)34-21-11-4-3-5-12-21)32-26(29-17)30-27(31-32)35-16-20-9-6-7-14-23(20)28/h3-15,25H,16H2,1-2H3,(H,29,30,31). The summed E-state index contributed by atoms with van der Waals surface area (Å²) in [5, 5.41) is 8.39. The molecule has 0 amide bonds. The van der Waals surface area contributed by atoms with E-state index in [2.05, 4.69) is 10.3 Å². The van der Waals surface area contributed by atoms with Crippen LogP contribution >= 0.6 is 11.8 Å². The van der Waals surface area contributed by atoms with Crippen LogP contribution < -0.4 is 10.1 Å². The van der Waals surface area contributed by atoms with E-state index in [1.54, 1.807) is 29.8 Å². The second-order valence-corrected chi connectivity index (χ2v) is 9.10. The van der Waals surface area contributed by atoms with Gasteiger partial charge in [0.2, 0.25) is 11.1 Å². The number of benzene rings is 3. The van der Waals surface area contributed by atoms with E-state index < -0.39 is 6.04 Å². The van der Waals surface area contributed by atoms with E-state index in [0.29, 0.717) is 33.7 Å². The second-order valence-electron chi connectivity index (χ2n) is 8.15. The van der Waals surface area contributed by atoms with Crippen LogP contribution in [0.3, 0.4) is 0 Å². The lowest BCUT2D eigenvalue weighted by Crippen LogP contribution is -2.27. The minimum absolute atomic E-state index is 0.0592. The topological polar surface area (TPSA) is 69.0 Å². The largest absolute Gasteiger partial charge is 0.457 e. The Morgan fingerprint density at radius 1 is 1.06 bits per heavy atom. The van der Waals surface area contributed by atoms with Gasteiger partial charge in [0.25, 0.3) is 0 Å². The van der Waals surface area contributed by atoms with Gasteiger partial charge in [-0.15, -0.1) is 5.10 Å². The molecule has 4 aromatic rings. The number of carbonyl (C=O) groups excluding carboxylic acids is 1. The summed E-state index contributed by atoms with van der Waals surface area (Å²) in [6, 6.07) is 23.3. The highest BCUT2D eigenvalue weighted by Crippen LogP contribution is 2.38. The number of ketones is 1. The highest BCUT2D eigenvalue weighted by atomic mass is 32.2. The van der Waals surface area contributed by atoms with Crippen molar-refractivity contribution < 1.29 is 13.9 Å². The average molecular weight is 487 g/mol. The molecular formula is C27H23FN4O2S. The van der Waals surface area contributed by atoms with Crippen LogP contribution in [0.15, 0.2) is 95.3 Å². The lowest BCUT2D eigenvalue weighted by Gasteiger charge is -2.28. The Kier molecular flexibility index (Phi) is 6.37. The normalized spacial score (nSPS) is 14.9. The molecule has 0 saturated carbocycles. The lowest BCUT2D eigenvalue weighted by molar-refractivity contribution is -0.114. The molecule has 2 heterocycles. The zero-order chi connectivity index (χ0) is 24.4. The van der Waals surface area contributed by atoms with E-state index in [1.807, 2.05) is 61.5 Å². The summed E-state index contributed by atoms with van der Waals surface area (Å²) in [5.74, 6) is 1.99. The third-order valence-corrected chi connectivity index (χ3v) is 6.57. The van der Waals surface area contributed by atoms with Crippen LogP contribution in [-0.4, -0.2) is 20.5 Å². The molecular weight excluding hydrogens is 463 g/mol. The molecule has 0 fully saturated rings. The molecule has 1 aliphatic rings. The zero-order valence-corrected chi connectivity index (χ0v) is 20.1. The van der Waals surface area contributed by atoms with Crippen LogP contribution in [-0.2, 0) is 10.5 Å². The lowest BCUT2D eigenvalue weighted by atomic mass is 9.93. The van der Waals surface area contributed by atoms with Gasteiger partial charge in [-0.05, 0) is 55.3 Å². The van der Waals surface area contributed by atoms with Crippen molar-refractivity contribution in [3.05, 3.63) is 107 Å². The molecule has 6 nitrogen and oxygen atoms in total. The number of para-hydroxylation sites is 1. The minimum Gasteiger partial charge on any atom is -0.457 e. The van der Waals surface area contributed by atoms with Crippen molar-refractivity contribution in [1.29, 1.82) is 0 Å². The fraction of sp³-hybridized carbons (Fsp3) is 0.148. The Morgan fingerprint density at radius 3 is 2.57 bits per heavy atom. The fourth-order valence-electron chi connectivity index (χ4n) is 4.09. The Morgan fingerprint density at radius 2 is 1.80 bits per heavy atom. The van der Waals surface area contributed by atoms with Gasteiger partial charge in [0.05, 0.1) is 0 Å². The van der Waals surface area contributed by atoms with Crippen molar-refractivity contribution in [1.82, 2.24) is 14.8 Å². The van der Waals surface area contributed by atoms with Crippen molar-refractivity contribution in [2.75, 3.05) is 5.32 Å². The number of nitrogens with zero attached hydrogens (tertiary/aromatic N) is 3. The van der Waals surface area contributed by atoms with Crippen molar-refractivity contribution in [2.45, 2.75) is 30.8 Å². The maximum atomic E-state index is 14.1. The minimum atomic E-state index is -0.474. The first kappa shape index (κ1) is 22.9. The first-order valence-corrected chi connectivity index (χ1v) is 12.1. The summed E-state index contributed by atoms with van der Waals surface area (Å²) in [6.07, 6.45) is 0. The number of ether oxygens (including phenoxy) is 1. The maximum Gasteiger partial charge on any atom is 0.227 e. The summed E-state index contributed by atoms with van der Waals surface area (Å²) in [6.45, 7) is 3.41. The molecule has 0 aliphatic carbocycles. The number of anilines is 1. The van der Waals surface area contributed by atoms with E-state index in [1.165, 1.54) is 17.8 Å². The number of rotatable bonds is 7. The number of allylic oxidation sites excluding steroid dienone is 2. The van der Waals surface area contributed by atoms with Crippen LogP contribution in [0, 0.1) is 5.82 Å². The second kappa shape index (κ2) is 9.76. The number of Topliss-reactive ketones (excluding diaryl/α,β-unsaturated/α-hetero) is 1. The molecule has 1 aliphatic heterocycles. The van der Waals surface area contributed by atoms with Gasteiger partial charge >= 0.3 is 0 Å². The van der Waals surface area contributed by atoms with Gasteiger partial charge < -0.3 is 10.1 Å². The number of fused-ring (bicyclic) bond motifs is 1. The first-order chi connectivity index (χ1) is 17.0. The molecule has 0 saturated heterocycles. The third-order valence-electron chi connectivity index (χ3n) is 5.68. The van der Waals surface area contributed by atoms with Crippen LogP contribution in [0.2, 0.25) is 0 Å². The van der Waals surface area contributed by atoms with Crippen LogP contribution in [0.5, 0.6) is 11.5 Å². The summed E-state index contributed by atoms with van der Waals surface area (Å²) < 4.78 is 21.8. The smallest absolute Gasteiger partial charge is 0.227 e. The van der Waals surface area contributed by atoms with Gasteiger partial charge in [-0.25, -0.2) is 9.07 Å². The molecule has 0 spiro atoms. The summed E-state index contributed by atoms with van der Waals surface area (Å²) >= 11 is 1.34. The van der Waals surface area contributed by atoms with Gasteiger partial charge in [0, 0.05) is 17.0 Å². The zero-order valence-electron chi connectivity index (χ0n) is 19.2. The highest BCUT2D eigenvalue weighted by molar-refractivity contribution is 7.98. The molecule has 35 heavy (non-hydrogen) atoms. The number of hydrogen-bond donors (Lipinski definition) is 1. The van der Waals surface area contributed by atoms with E-state index in [-0.39, 0.29) is 11.6 Å². The van der Waals surface area contributed by atoms with Gasteiger partial charge in [0.15, 0.2) is 5.78 Å².